The molecule has 67 valence electrons. The van der Waals surface area contributed by atoms with Gasteiger partial charge >= 0.3 is 0 Å². The SMILES string of the molecule is [CH2-]CC.[CH2-]CCCC.[Lu]. The molecule has 0 fully saturated rings. The Kier molecular flexibility index (Phi) is 42.3. The molecule has 1 radical (unpaired) electrons. The minimum atomic E-state index is 0. The molecule has 0 saturated heterocycles. The molecular formula is C8H18Lu-2. The van der Waals surface area contributed by atoms with E-state index in [1.54, 1.807) is 0 Å². The average molecular weight is 289 g/mol. The van der Waals surface area contributed by atoms with Crippen molar-refractivity contribution in [2.75, 3.05) is 0 Å². The fourth-order valence-electron chi connectivity index (χ4n) is 0.250. The van der Waals surface area contributed by atoms with Gasteiger partial charge in [0, 0.05) is 36.9 Å². The maximum Gasteiger partial charge on any atom is 0 e. The molecule has 0 amide bonds. The second-order valence-electron chi connectivity index (χ2n) is 1.71. The zero-order valence-electron chi connectivity index (χ0n) is 6.50. The van der Waals surface area contributed by atoms with Gasteiger partial charge < -0.3 is 13.8 Å². The molecule has 0 spiro atoms. The van der Waals surface area contributed by atoms with Crippen molar-refractivity contribution in [3.8, 4) is 0 Å². The fourth-order valence-corrected chi connectivity index (χ4v) is 0.250. The molecule has 0 heterocycles. The van der Waals surface area contributed by atoms with E-state index in [1.807, 2.05) is 6.92 Å². The molecule has 0 nitrogen and oxygen atoms in total. The van der Waals surface area contributed by atoms with Gasteiger partial charge in [0.05, 0.1) is 0 Å². The summed E-state index contributed by atoms with van der Waals surface area (Å²) >= 11 is 0. The molecule has 0 aliphatic rings. The van der Waals surface area contributed by atoms with Crippen molar-refractivity contribution in [3.63, 3.8) is 0 Å². The summed E-state index contributed by atoms with van der Waals surface area (Å²) in [5.41, 5.74) is 0. The third-order valence-electron chi connectivity index (χ3n) is 0.604. The van der Waals surface area contributed by atoms with Crippen LogP contribution in [0.1, 0.15) is 39.5 Å². The monoisotopic (exact) mass is 289 g/mol. The predicted octanol–water partition coefficient (Wildman–Crippen LogP) is 3.24. The summed E-state index contributed by atoms with van der Waals surface area (Å²) in [5.74, 6) is 0. The van der Waals surface area contributed by atoms with E-state index in [2.05, 4.69) is 20.8 Å². The molecule has 0 aromatic heterocycles. The first-order valence-corrected chi connectivity index (χ1v) is 3.41. The van der Waals surface area contributed by atoms with Crippen LogP contribution < -0.4 is 0 Å². The van der Waals surface area contributed by atoms with Crippen molar-refractivity contribution in [2.24, 2.45) is 0 Å². The molecular weight excluding hydrogens is 271 g/mol. The molecule has 0 aliphatic carbocycles. The second-order valence-corrected chi connectivity index (χ2v) is 1.71. The van der Waals surface area contributed by atoms with E-state index in [9.17, 15) is 0 Å². The Morgan fingerprint density at radius 1 is 1.11 bits per heavy atom. The molecule has 0 N–H and O–H groups in total. The Balaban J connectivity index is -0.0000000800. The van der Waals surface area contributed by atoms with Gasteiger partial charge in [-0.05, 0) is 0 Å². The zero-order chi connectivity index (χ0) is 6.83. The van der Waals surface area contributed by atoms with Gasteiger partial charge in [-0.2, -0.15) is 12.8 Å². The fraction of sp³-hybridized carbons (Fsp3) is 0.750. The normalized spacial score (nSPS) is 6.67. The van der Waals surface area contributed by atoms with Crippen LogP contribution in [0.15, 0.2) is 0 Å². The Morgan fingerprint density at radius 3 is 1.44 bits per heavy atom. The minimum Gasteiger partial charge on any atom is -0.344 e. The minimum absolute atomic E-state index is 0. The molecule has 0 aromatic carbocycles. The van der Waals surface area contributed by atoms with Crippen LogP contribution in [0.5, 0.6) is 0 Å². The molecule has 1 heteroatoms. The third-order valence-corrected chi connectivity index (χ3v) is 0.604. The van der Waals surface area contributed by atoms with Gasteiger partial charge in [0.25, 0.3) is 0 Å². The topological polar surface area (TPSA) is 0 Å². The third kappa shape index (κ3) is 46.2. The summed E-state index contributed by atoms with van der Waals surface area (Å²) in [7, 11) is 0. The van der Waals surface area contributed by atoms with Crippen molar-refractivity contribution in [2.45, 2.75) is 39.5 Å². The van der Waals surface area contributed by atoms with Gasteiger partial charge in [-0.3, -0.25) is 0 Å². The van der Waals surface area contributed by atoms with Gasteiger partial charge in [-0.25, -0.2) is 0 Å². The van der Waals surface area contributed by atoms with E-state index in [0.717, 1.165) is 12.8 Å². The summed E-state index contributed by atoms with van der Waals surface area (Å²) in [6, 6.07) is 0. The smallest absolute Gasteiger partial charge is 0 e. The van der Waals surface area contributed by atoms with Crippen LogP contribution in [0.25, 0.3) is 0 Å². The van der Waals surface area contributed by atoms with Crippen LogP contribution in [-0.4, -0.2) is 0 Å². The molecule has 0 atom stereocenters. The molecule has 0 saturated carbocycles. The molecule has 0 unspecified atom stereocenters. The molecule has 0 aliphatic heterocycles. The Labute approximate surface area is 89.6 Å². The number of unbranched alkanes of at least 4 members (excludes halogenated alkanes) is 2. The van der Waals surface area contributed by atoms with Crippen molar-refractivity contribution < 1.29 is 36.9 Å². The van der Waals surface area contributed by atoms with Crippen LogP contribution in [0.3, 0.4) is 0 Å². The van der Waals surface area contributed by atoms with Crippen LogP contribution in [0, 0.1) is 50.7 Å². The first-order chi connectivity index (χ1) is 3.83. The summed E-state index contributed by atoms with van der Waals surface area (Å²) in [6.45, 7) is 11.3. The zero-order valence-corrected chi connectivity index (χ0v) is 8.16. The quantitative estimate of drug-likeness (QED) is 0.685. The molecule has 0 aromatic rings. The molecule has 0 rings (SSSR count). The number of hydrogen-bond donors (Lipinski definition) is 0. The van der Waals surface area contributed by atoms with Crippen molar-refractivity contribution >= 4 is 0 Å². The second kappa shape index (κ2) is 22.9. The van der Waals surface area contributed by atoms with E-state index < -0.39 is 0 Å². The standard InChI is InChI=1S/C5H11.C3H7.Lu/c1-3-5-4-2;1-3-2;/h1,3-5H2,2H3;1,3H2,2H3;/q2*-1;. The Morgan fingerprint density at radius 2 is 1.44 bits per heavy atom. The van der Waals surface area contributed by atoms with Crippen molar-refractivity contribution in [1.82, 2.24) is 0 Å². The molecule has 0 bridgehead atoms. The summed E-state index contributed by atoms with van der Waals surface area (Å²) in [4.78, 5) is 0. The van der Waals surface area contributed by atoms with E-state index in [0.29, 0.717) is 0 Å². The van der Waals surface area contributed by atoms with Crippen LogP contribution in [-0.2, 0) is 0 Å². The van der Waals surface area contributed by atoms with E-state index >= 15 is 0 Å². The van der Waals surface area contributed by atoms with Gasteiger partial charge in [0.15, 0.2) is 0 Å². The van der Waals surface area contributed by atoms with Gasteiger partial charge in [-0.1, -0.05) is 26.7 Å². The summed E-state index contributed by atoms with van der Waals surface area (Å²) in [5, 5.41) is 0. The van der Waals surface area contributed by atoms with Gasteiger partial charge in [0.2, 0.25) is 0 Å². The molecule has 9 heavy (non-hydrogen) atoms. The Bertz CT molecular complexity index is 18.5. The Hall–Kier alpha value is 1.23. The summed E-state index contributed by atoms with van der Waals surface area (Å²) in [6.07, 6.45) is 4.65. The van der Waals surface area contributed by atoms with Gasteiger partial charge in [0.1, 0.15) is 0 Å². The van der Waals surface area contributed by atoms with Crippen molar-refractivity contribution in [1.29, 1.82) is 0 Å². The maximum atomic E-state index is 3.68. The first kappa shape index (κ1) is 16.7. The maximum absolute atomic E-state index is 3.68. The average Bonchev–Trinajstić information content (AvgIpc) is 1.71. The largest absolute Gasteiger partial charge is 0.344 e. The van der Waals surface area contributed by atoms with Crippen LogP contribution in [0.4, 0.5) is 0 Å². The number of rotatable bonds is 2. The predicted molar refractivity (Wildman–Crippen MR) is 40.5 cm³/mol. The summed E-state index contributed by atoms with van der Waals surface area (Å²) < 4.78 is 0. The number of hydrogen-bond acceptors (Lipinski definition) is 0. The van der Waals surface area contributed by atoms with Crippen LogP contribution >= 0.6 is 0 Å². The van der Waals surface area contributed by atoms with E-state index in [1.165, 1.54) is 12.8 Å². The van der Waals surface area contributed by atoms with Crippen molar-refractivity contribution in [3.05, 3.63) is 13.8 Å². The first-order valence-electron chi connectivity index (χ1n) is 3.41. The van der Waals surface area contributed by atoms with E-state index in [-0.39, 0.29) is 36.9 Å². The van der Waals surface area contributed by atoms with E-state index in [4.69, 9.17) is 0 Å². The van der Waals surface area contributed by atoms with Gasteiger partial charge in [-0.15, -0.1) is 0 Å². The van der Waals surface area contributed by atoms with Crippen LogP contribution in [0.2, 0.25) is 0 Å².